The lowest BCUT2D eigenvalue weighted by Gasteiger charge is -2.58. The van der Waals surface area contributed by atoms with Crippen LogP contribution in [-0.2, 0) is 4.79 Å². The van der Waals surface area contributed by atoms with Gasteiger partial charge in [-0.1, -0.05) is 19.9 Å². The first kappa shape index (κ1) is 20.1. The minimum atomic E-state index is -4.79. The molecule has 158 valence electrons. The SMILES string of the molecule is CCC1CC2(O)CC(C2)N1C(=O)CC(C)c1c[nH]c2cccc(OC(F)(F)F)c12. The molecule has 2 unspecified atom stereocenters. The van der Waals surface area contributed by atoms with Crippen LogP contribution in [0.1, 0.15) is 57.4 Å². The number of fused-ring (bicyclic) bond motifs is 3. The molecule has 2 bridgehead atoms. The standard InChI is InChI=1S/C21H25F3N2O3/c1-3-13-8-20(28)9-14(10-20)26(13)18(27)7-12(2)15-11-25-16-5-4-6-17(19(15)16)29-21(22,23)24/h4-6,11-14,25,28H,3,7-10H2,1-2H3. The summed E-state index contributed by atoms with van der Waals surface area (Å²) in [6, 6.07) is 4.54. The van der Waals surface area contributed by atoms with Crippen LogP contribution < -0.4 is 4.74 Å². The number of nitrogens with zero attached hydrogens (tertiary/aromatic N) is 1. The van der Waals surface area contributed by atoms with Crippen molar-refractivity contribution in [2.75, 3.05) is 0 Å². The number of piperidine rings is 2. The first-order chi connectivity index (χ1) is 13.6. The number of nitrogens with one attached hydrogen (secondary N) is 1. The number of halogens is 3. The number of benzene rings is 1. The van der Waals surface area contributed by atoms with Crippen LogP contribution in [0.5, 0.6) is 5.75 Å². The van der Waals surface area contributed by atoms with Crippen molar-refractivity contribution >= 4 is 16.8 Å². The van der Waals surface area contributed by atoms with E-state index in [0.29, 0.717) is 35.7 Å². The Kier molecular flexibility index (Phi) is 4.80. The van der Waals surface area contributed by atoms with Crippen molar-refractivity contribution in [2.24, 2.45) is 0 Å². The average molecular weight is 410 g/mol. The van der Waals surface area contributed by atoms with E-state index in [1.54, 1.807) is 12.3 Å². The Balaban J connectivity index is 1.56. The number of ether oxygens (including phenoxy) is 1. The fraction of sp³-hybridized carbons (Fsp3) is 0.571. The highest BCUT2D eigenvalue weighted by Crippen LogP contribution is 2.47. The first-order valence-corrected chi connectivity index (χ1v) is 9.99. The van der Waals surface area contributed by atoms with Gasteiger partial charge >= 0.3 is 6.36 Å². The Hall–Kier alpha value is -2.22. The molecule has 3 heterocycles. The average Bonchev–Trinajstić information content (AvgIpc) is 3.04. The lowest BCUT2D eigenvalue weighted by molar-refractivity contribution is -0.274. The number of rotatable bonds is 5. The Morgan fingerprint density at radius 2 is 2.10 bits per heavy atom. The van der Waals surface area contributed by atoms with Gasteiger partial charge in [0.05, 0.1) is 5.60 Å². The fourth-order valence-corrected chi connectivity index (χ4v) is 5.02. The maximum absolute atomic E-state index is 13.1. The molecule has 29 heavy (non-hydrogen) atoms. The number of carbonyl (C=O) groups excluding carboxylic acids is 1. The second-order valence-electron chi connectivity index (χ2n) is 8.43. The third kappa shape index (κ3) is 3.70. The maximum Gasteiger partial charge on any atom is 0.573 e. The molecule has 1 aromatic heterocycles. The molecule has 2 atom stereocenters. The van der Waals surface area contributed by atoms with E-state index in [1.165, 1.54) is 12.1 Å². The van der Waals surface area contributed by atoms with Crippen molar-refractivity contribution in [1.29, 1.82) is 0 Å². The van der Waals surface area contributed by atoms with Gasteiger partial charge in [-0.2, -0.15) is 0 Å². The zero-order valence-electron chi connectivity index (χ0n) is 16.4. The van der Waals surface area contributed by atoms with Gasteiger partial charge in [-0.3, -0.25) is 4.79 Å². The number of aliphatic hydroxyl groups is 1. The summed E-state index contributed by atoms with van der Waals surface area (Å²) in [5, 5.41) is 10.7. The fourth-order valence-electron chi connectivity index (χ4n) is 5.02. The molecule has 2 N–H and O–H groups in total. The molecule has 1 aromatic carbocycles. The molecule has 8 heteroatoms. The number of amides is 1. The second-order valence-corrected chi connectivity index (χ2v) is 8.43. The van der Waals surface area contributed by atoms with Crippen LogP contribution in [0.3, 0.4) is 0 Å². The Morgan fingerprint density at radius 3 is 2.76 bits per heavy atom. The molecule has 0 radical (unpaired) electrons. The van der Waals surface area contributed by atoms with Crippen molar-refractivity contribution in [3.63, 3.8) is 0 Å². The summed E-state index contributed by atoms with van der Waals surface area (Å²) in [7, 11) is 0. The first-order valence-electron chi connectivity index (χ1n) is 9.99. The Bertz CT molecular complexity index is 918. The van der Waals surface area contributed by atoms with Gasteiger partial charge in [0.1, 0.15) is 5.75 Å². The van der Waals surface area contributed by atoms with E-state index in [-0.39, 0.29) is 36.1 Å². The van der Waals surface area contributed by atoms with Crippen LogP contribution in [0.25, 0.3) is 10.9 Å². The van der Waals surface area contributed by atoms with E-state index in [1.807, 2.05) is 18.7 Å². The van der Waals surface area contributed by atoms with Crippen LogP contribution in [0.4, 0.5) is 13.2 Å². The zero-order chi connectivity index (χ0) is 21.0. The molecule has 2 aromatic rings. The van der Waals surface area contributed by atoms with Gasteiger partial charge in [-0.15, -0.1) is 13.2 Å². The third-order valence-corrected chi connectivity index (χ3v) is 6.33. The van der Waals surface area contributed by atoms with Gasteiger partial charge in [0.2, 0.25) is 5.91 Å². The molecule has 2 saturated heterocycles. The lowest BCUT2D eigenvalue weighted by Crippen LogP contribution is -2.67. The maximum atomic E-state index is 13.1. The third-order valence-electron chi connectivity index (χ3n) is 6.33. The predicted molar refractivity (Wildman–Crippen MR) is 102 cm³/mol. The van der Waals surface area contributed by atoms with Gasteiger partial charge in [0.15, 0.2) is 0 Å². The van der Waals surface area contributed by atoms with Crippen molar-refractivity contribution in [1.82, 2.24) is 9.88 Å². The van der Waals surface area contributed by atoms with E-state index in [4.69, 9.17) is 0 Å². The van der Waals surface area contributed by atoms with Gasteiger partial charge in [0.25, 0.3) is 0 Å². The van der Waals surface area contributed by atoms with Crippen LogP contribution in [-0.4, -0.2) is 44.9 Å². The molecule has 0 spiro atoms. The second kappa shape index (κ2) is 6.93. The van der Waals surface area contributed by atoms with E-state index in [0.717, 1.165) is 6.42 Å². The number of aromatic nitrogens is 1. The topological polar surface area (TPSA) is 65.6 Å². The number of hydrogen-bond acceptors (Lipinski definition) is 3. The number of alkyl halides is 3. The molecular weight excluding hydrogens is 385 g/mol. The number of H-pyrrole nitrogens is 1. The van der Waals surface area contributed by atoms with E-state index in [2.05, 4.69) is 9.72 Å². The van der Waals surface area contributed by atoms with Crippen LogP contribution in [0.2, 0.25) is 0 Å². The number of hydrogen-bond donors (Lipinski definition) is 2. The van der Waals surface area contributed by atoms with E-state index in [9.17, 15) is 23.1 Å². The quantitative estimate of drug-likeness (QED) is 0.765. The van der Waals surface area contributed by atoms with Crippen molar-refractivity contribution in [2.45, 2.75) is 75.9 Å². The van der Waals surface area contributed by atoms with Crippen LogP contribution in [0, 0.1) is 0 Å². The van der Waals surface area contributed by atoms with Crippen LogP contribution >= 0.6 is 0 Å². The smallest absolute Gasteiger partial charge is 0.405 e. The zero-order valence-corrected chi connectivity index (χ0v) is 16.4. The van der Waals surface area contributed by atoms with Gasteiger partial charge in [-0.05, 0) is 49.3 Å². The largest absolute Gasteiger partial charge is 0.573 e. The highest BCUT2D eigenvalue weighted by molar-refractivity contribution is 5.90. The summed E-state index contributed by atoms with van der Waals surface area (Å²) < 4.78 is 42.6. The van der Waals surface area contributed by atoms with Crippen molar-refractivity contribution < 1.29 is 27.8 Å². The summed E-state index contributed by atoms with van der Waals surface area (Å²) in [5.74, 6) is -0.564. The monoisotopic (exact) mass is 410 g/mol. The van der Waals surface area contributed by atoms with Crippen molar-refractivity contribution in [3.8, 4) is 5.75 Å². The summed E-state index contributed by atoms with van der Waals surface area (Å²) in [4.78, 5) is 18.0. The minimum Gasteiger partial charge on any atom is -0.405 e. The van der Waals surface area contributed by atoms with Gasteiger partial charge in [0, 0.05) is 35.6 Å². The highest BCUT2D eigenvalue weighted by Gasteiger charge is 2.54. The molecule has 1 amide bonds. The summed E-state index contributed by atoms with van der Waals surface area (Å²) >= 11 is 0. The Morgan fingerprint density at radius 1 is 1.38 bits per heavy atom. The van der Waals surface area contributed by atoms with Gasteiger partial charge < -0.3 is 19.7 Å². The highest BCUT2D eigenvalue weighted by atomic mass is 19.4. The minimum absolute atomic E-state index is 0.0132. The van der Waals surface area contributed by atoms with Crippen molar-refractivity contribution in [3.05, 3.63) is 30.0 Å². The summed E-state index contributed by atoms with van der Waals surface area (Å²) in [6.45, 7) is 3.84. The van der Waals surface area contributed by atoms with Gasteiger partial charge in [-0.25, -0.2) is 0 Å². The van der Waals surface area contributed by atoms with E-state index >= 15 is 0 Å². The number of aromatic amines is 1. The van der Waals surface area contributed by atoms with Crippen LogP contribution in [0.15, 0.2) is 24.4 Å². The molecule has 5 nitrogen and oxygen atoms in total. The molecule has 2 aliphatic heterocycles. The summed E-state index contributed by atoms with van der Waals surface area (Å²) in [6.07, 6.45) is -0.349. The summed E-state index contributed by atoms with van der Waals surface area (Å²) in [5.41, 5.74) is 0.534. The lowest BCUT2D eigenvalue weighted by atomic mass is 9.66. The normalized spacial score (nSPS) is 27.6. The molecule has 3 fully saturated rings. The predicted octanol–water partition coefficient (Wildman–Crippen LogP) is 4.46. The molecule has 3 aliphatic rings. The van der Waals surface area contributed by atoms with E-state index < -0.39 is 12.0 Å². The molecule has 1 saturated carbocycles. The molecule has 1 aliphatic carbocycles. The number of carbonyl (C=O) groups is 1. The Labute approximate surface area is 166 Å². The molecule has 5 rings (SSSR count). The molecular formula is C21H25F3N2O3.